The van der Waals surface area contributed by atoms with E-state index in [-0.39, 0.29) is 11.3 Å². The summed E-state index contributed by atoms with van der Waals surface area (Å²) >= 11 is 12.3. The predicted octanol–water partition coefficient (Wildman–Crippen LogP) is 3.12. The van der Waals surface area contributed by atoms with Crippen LogP contribution in [0.25, 0.3) is 0 Å². The third-order valence-corrected chi connectivity index (χ3v) is 5.71. The number of benzene rings is 1. The van der Waals surface area contributed by atoms with Gasteiger partial charge < -0.3 is 16.0 Å². The highest BCUT2D eigenvalue weighted by Crippen LogP contribution is 2.37. The van der Waals surface area contributed by atoms with E-state index in [1.54, 1.807) is 7.05 Å². The van der Waals surface area contributed by atoms with Crippen LogP contribution in [-0.4, -0.2) is 38.1 Å². The first-order valence-corrected chi connectivity index (χ1v) is 9.20. The zero-order valence-corrected chi connectivity index (χ0v) is 16.2. The Balaban J connectivity index is 2.13. The molecule has 1 atom stereocenters. The van der Waals surface area contributed by atoms with Gasteiger partial charge in [-0.25, -0.2) is 0 Å². The van der Waals surface area contributed by atoms with Crippen LogP contribution in [0, 0.1) is 0 Å². The van der Waals surface area contributed by atoms with Crippen LogP contribution in [0.1, 0.15) is 38.7 Å². The van der Waals surface area contributed by atoms with Crippen LogP contribution < -0.4 is 16.0 Å². The maximum atomic E-state index is 11.9. The Morgan fingerprint density at radius 2 is 2.08 bits per heavy atom. The molecule has 6 heteroatoms. The third-order valence-electron chi connectivity index (χ3n) is 4.97. The quantitative estimate of drug-likeness (QED) is 0.719. The smallest absolute Gasteiger partial charge is 0.239 e. The van der Waals surface area contributed by atoms with Crippen molar-refractivity contribution in [1.82, 2.24) is 16.0 Å². The van der Waals surface area contributed by atoms with Gasteiger partial charge in [-0.1, -0.05) is 29.3 Å². The summed E-state index contributed by atoms with van der Waals surface area (Å²) in [5, 5.41) is 10.8. The minimum atomic E-state index is -0.588. The summed E-state index contributed by atoms with van der Waals surface area (Å²) in [5.74, 6) is -0.00661. The van der Waals surface area contributed by atoms with Crippen molar-refractivity contribution in [3.05, 3.63) is 33.8 Å². The molecule has 0 saturated carbocycles. The molecule has 4 nitrogen and oxygen atoms in total. The summed E-state index contributed by atoms with van der Waals surface area (Å²) in [5.41, 5.74) is 0.636. The summed E-state index contributed by atoms with van der Waals surface area (Å²) in [6.45, 7) is 6.50. The Labute approximate surface area is 154 Å². The van der Waals surface area contributed by atoms with E-state index >= 15 is 0 Å². The Bertz CT molecular complexity index is 584. The normalized spacial score (nSPS) is 21.5. The van der Waals surface area contributed by atoms with E-state index in [1.165, 1.54) is 5.56 Å². The number of rotatable bonds is 6. The van der Waals surface area contributed by atoms with Crippen molar-refractivity contribution >= 4 is 29.1 Å². The molecular formula is C18H27Cl2N3O. The number of carbonyl (C=O) groups excluding carboxylic acids is 1. The second-order valence-electron chi connectivity index (χ2n) is 7.07. The van der Waals surface area contributed by atoms with E-state index in [0.717, 1.165) is 38.9 Å². The van der Waals surface area contributed by atoms with Gasteiger partial charge in [-0.3, -0.25) is 4.79 Å². The van der Waals surface area contributed by atoms with Crippen molar-refractivity contribution in [2.75, 3.05) is 26.7 Å². The Morgan fingerprint density at radius 1 is 1.33 bits per heavy atom. The molecular weight excluding hydrogens is 345 g/mol. The summed E-state index contributed by atoms with van der Waals surface area (Å²) in [7, 11) is 1.66. The monoisotopic (exact) mass is 371 g/mol. The van der Waals surface area contributed by atoms with Gasteiger partial charge in [0.2, 0.25) is 5.91 Å². The molecule has 0 aromatic heterocycles. The molecule has 1 aromatic carbocycles. The average molecular weight is 372 g/mol. The molecule has 0 bridgehead atoms. The van der Waals surface area contributed by atoms with E-state index < -0.39 is 5.54 Å². The maximum absolute atomic E-state index is 11.9. The van der Waals surface area contributed by atoms with E-state index in [1.807, 2.05) is 26.0 Å². The van der Waals surface area contributed by atoms with Crippen LogP contribution in [0.3, 0.4) is 0 Å². The molecule has 0 radical (unpaired) electrons. The van der Waals surface area contributed by atoms with Gasteiger partial charge >= 0.3 is 0 Å². The van der Waals surface area contributed by atoms with Crippen molar-refractivity contribution in [2.45, 2.75) is 44.1 Å². The first kappa shape index (κ1) is 19.5. The zero-order chi connectivity index (χ0) is 17.8. The molecule has 1 saturated heterocycles. The highest BCUT2D eigenvalue weighted by atomic mass is 35.5. The number of hydrogen-bond donors (Lipinski definition) is 3. The van der Waals surface area contributed by atoms with Gasteiger partial charge in [-0.15, -0.1) is 0 Å². The zero-order valence-electron chi connectivity index (χ0n) is 14.6. The number of nitrogens with one attached hydrogen (secondary N) is 3. The molecule has 24 heavy (non-hydrogen) atoms. The van der Waals surface area contributed by atoms with Crippen molar-refractivity contribution < 1.29 is 4.79 Å². The van der Waals surface area contributed by atoms with E-state index in [0.29, 0.717) is 10.0 Å². The van der Waals surface area contributed by atoms with Gasteiger partial charge in [0, 0.05) is 19.0 Å². The molecule has 1 aliphatic rings. The number of likely N-dealkylation sites (N-methyl/N-ethyl adjacent to an activating group) is 1. The fourth-order valence-corrected chi connectivity index (χ4v) is 3.70. The first-order chi connectivity index (χ1) is 11.3. The van der Waals surface area contributed by atoms with Crippen molar-refractivity contribution in [3.8, 4) is 0 Å². The largest absolute Gasteiger partial charge is 0.358 e. The Hall–Kier alpha value is -0.810. The molecule has 0 aliphatic carbocycles. The summed E-state index contributed by atoms with van der Waals surface area (Å²) in [6.07, 6.45) is 3.15. The van der Waals surface area contributed by atoms with Crippen LogP contribution in [0.2, 0.25) is 10.0 Å². The molecule has 1 fully saturated rings. The average Bonchev–Trinajstić information content (AvgIpc) is 2.57. The number of hydrogen-bond acceptors (Lipinski definition) is 3. The van der Waals surface area contributed by atoms with Crippen molar-refractivity contribution in [1.29, 1.82) is 0 Å². The number of piperidine rings is 1. The molecule has 0 unspecified atom stereocenters. The van der Waals surface area contributed by atoms with Gasteiger partial charge in [-0.05, 0) is 63.9 Å². The number of halogens is 2. The lowest BCUT2D eigenvalue weighted by Crippen LogP contribution is -2.53. The molecule has 1 aliphatic heterocycles. The summed E-state index contributed by atoms with van der Waals surface area (Å²) in [4.78, 5) is 11.9. The Kier molecular flexibility index (Phi) is 6.54. The minimum absolute atomic E-state index is 0.00661. The fraction of sp³-hybridized carbons (Fsp3) is 0.611. The topological polar surface area (TPSA) is 53.2 Å². The van der Waals surface area contributed by atoms with Crippen molar-refractivity contribution in [3.63, 3.8) is 0 Å². The Morgan fingerprint density at radius 3 is 2.67 bits per heavy atom. The highest BCUT2D eigenvalue weighted by Gasteiger charge is 2.35. The van der Waals surface area contributed by atoms with Crippen LogP contribution in [0.15, 0.2) is 18.2 Å². The minimum Gasteiger partial charge on any atom is -0.358 e. The van der Waals surface area contributed by atoms with Crippen molar-refractivity contribution in [2.24, 2.45) is 0 Å². The molecule has 3 N–H and O–H groups in total. The van der Waals surface area contributed by atoms with Gasteiger partial charge in [0.05, 0.1) is 15.6 Å². The SMILES string of the molecule is CNC(=O)C(C)(C)NCC[C@]1(c2ccc(Cl)c(Cl)c2)CCCNC1. The van der Waals surface area contributed by atoms with Gasteiger partial charge in [0.25, 0.3) is 0 Å². The summed E-state index contributed by atoms with van der Waals surface area (Å²) in [6, 6.07) is 5.93. The molecule has 1 amide bonds. The highest BCUT2D eigenvalue weighted by molar-refractivity contribution is 6.42. The lowest BCUT2D eigenvalue weighted by Gasteiger charge is -2.39. The lowest BCUT2D eigenvalue weighted by molar-refractivity contribution is -0.125. The summed E-state index contributed by atoms with van der Waals surface area (Å²) < 4.78 is 0. The van der Waals surface area contributed by atoms with E-state index in [2.05, 4.69) is 22.0 Å². The second-order valence-corrected chi connectivity index (χ2v) is 7.88. The van der Waals surface area contributed by atoms with Crippen LogP contribution in [-0.2, 0) is 10.2 Å². The molecule has 2 rings (SSSR count). The van der Waals surface area contributed by atoms with Crippen LogP contribution >= 0.6 is 23.2 Å². The molecule has 0 spiro atoms. The van der Waals surface area contributed by atoms with Crippen LogP contribution in [0.4, 0.5) is 0 Å². The molecule has 1 heterocycles. The number of carbonyl (C=O) groups is 1. The maximum Gasteiger partial charge on any atom is 0.239 e. The predicted molar refractivity (Wildman–Crippen MR) is 101 cm³/mol. The molecule has 134 valence electrons. The first-order valence-electron chi connectivity index (χ1n) is 8.44. The van der Waals surface area contributed by atoms with Gasteiger partial charge in [-0.2, -0.15) is 0 Å². The van der Waals surface area contributed by atoms with E-state index in [4.69, 9.17) is 23.2 Å². The number of amides is 1. The van der Waals surface area contributed by atoms with E-state index in [9.17, 15) is 4.79 Å². The van der Waals surface area contributed by atoms with Gasteiger partial charge in [0.1, 0.15) is 0 Å². The molecule has 1 aromatic rings. The third kappa shape index (κ3) is 4.42. The fourth-order valence-electron chi connectivity index (χ4n) is 3.41. The standard InChI is InChI=1S/C18H27Cl2N3O/c1-17(2,16(24)21-3)23-10-8-18(7-4-9-22-12-18)13-5-6-14(19)15(20)11-13/h5-6,11,22-23H,4,7-10,12H2,1-3H3,(H,21,24)/t18-/m1/s1. The lowest BCUT2D eigenvalue weighted by atomic mass is 9.72. The second kappa shape index (κ2) is 8.05. The van der Waals surface area contributed by atoms with Gasteiger partial charge in [0.15, 0.2) is 0 Å². The van der Waals surface area contributed by atoms with Crippen LogP contribution in [0.5, 0.6) is 0 Å².